The highest BCUT2D eigenvalue weighted by Gasteiger charge is 2.35. The Morgan fingerprint density at radius 3 is 2.50 bits per heavy atom. The number of nitrogens with zero attached hydrogens (tertiary/aromatic N) is 1. The summed E-state index contributed by atoms with van der Waals surface area (Å²) in [5.74, 6) is -1.96. The Balaban J connectivity index is 1.70. The zero-order valence-electron chi connectivity index (χ0n) is 15.1. The first-order valence-corrected chi connectivity index (χ1v) is 10.6. The number of esters is 1. The van der Waals surface area contributed by atoms with Crippen molar-refractivity contribution in [1.82, 2.24) is 4.90 Å². The molecule has 1 fully saturated rings. The molecule has 1 aliphatic heterocycles. The van der Waals surface area contributed by atoms with Crippen molar-refractivity contribution < 1.29 is 27.1 Å². The van der Waals surface area contributed by atoms with E-state index in [1.54, 1.807) is 0 Å². The van der Waals surface area contributed by atoms with Crippen LogP contribution in [0.15, 0.2) is 54.6 Å². The van der Waals surface area contributed by atoms with E-state index in [2.05, 4.69) is 0 Å². The molecule has 1 saturated heterocycles. The van der Waals surface area contributed by atoms with E-state index in [-0.39, 0.29) is 23.6 Å². The van der Waals surface area contributed by atoms with Gasteiger partial charge in [-0.2, -0.15) is 0 Å². The molecule has 0 unspecified atom stereocenters. The first-order valence-electron chi connectivity index (χ1n) is 8.80. The Morgan fingerprint density at radius 1 is 1.11 bits per heavy atom. The number of amides is 1. The van der Waals surface area contributed by atoms with E-state index in [1.807, 2.05) is 30.3 Å². The topological polar surface area (TPSA) is 80.8 Å². The summed E-state index contributed by atoms with van der Waals surface area (Å²) >= 11 is 0. The second kappa shape index (κ2) is 8.52. The summed E-state index contributed by atoms with van der Waals surface area (Å²) in [5, 5.41) is 0. The van der Waals surface area contributed by atoms with Crippen LogP contribution in [0.2, 0.25) is 0 Å². The van der Waals surface area contributed by atoms with E-state index >= 15 is 0 Å². The van der Waals surface area contributed by atoms with Crippen LogP contribution in [-0.4, -0.2) is 49.3 Å². The van der Waals surface area contributed by atoms with Gasteiger partial charge in [-0.25, -0.2) is 17.6 Å². The van der Waals surface area contributed by atoms with Gasteiger partial charge in [0.2, 0.25) is 0 Å². The van der Waals surface area contributed by atoms with E-state index in [4.69, 9.17) is 4.74 Å². The molecule has 0 spiro atoms. The molecule has 28 heavy (non-hydrogen) atoms. The first kappa shape index (κ1) is 20.0. The largest absolute Gasteiger partial charge is 0.452 e. The Kier molecular flexibility index (Phi) is 6.08. The fraction of sp³-hybridized carbons (Fsp3) is 0.300. The molecule has 1 aliphatic rings. The highest BCUT2D eigenvalue weighted by molar-refractivity contribution is 7.91. The fourth-order valence-corrected chi connectivity index (χ4v) is 4.86. The SMILES string of the molecule is O=C(OCC(=O)N(Cc1ccccc1)[C@H]1CCS(=O)(=O)C1)c1cccc(F)c1. The summed E-state index contributed by atoms with van der Waals surface area (Å²) in [7, 11) is -3.19. The second-order valence-electron chi connectivity index (χ2n) is 6.65. The van der Waals surface area contributed by atoms with Crippen LogP contribution < -0.4 is 0 Å². The Hall–Kier alpha value is -2.74. The Morgan fingerprint density at radius 2 is 1.86 bits per heavy atom. The maximum absolute atomic E-state index is 13.2. The third-order valence-electron chi connectivity index (χ3n) is 4.55. The molecule has 0 saturated carbocycles. The molecule has 1 atom stereocenters. The number of carbonyl (C=O) groups is 2. The molecule has 1 heterocycles. The minimum absolute atomic E-state index is 0.00542. The van der Waals surface area contributed by atoms with Crippen molar-refractivity contribution in [3.05, 3.63) is 71.5 Å². The van der Waals surface area contributed by atoms with Crippen molar-refractivity contribution in [2.24, 2.45) is 0 Å². The van der Waals surface area contributed by atoms with Gasteiger partial charge in [0, 0.05) is 12.6 Å². The standard InChI is InChI=1S/C20H20FNO5S/c21-17-8-4-7-16(11-17)20(24)27-13-19(23)22(12-15-5-2-1-3-6-15)18-9-10-28(25,26)14-18/h1-8,11,18H,9-10,12-14H2/t18-/m0/s1. The molecule has 6 nitrogen and oxygen atoms in total. The minimum atomic E-state index is -3.19. The van der Waals surface area contributed by atoms with Gasteiger partial charge in [0.1, 0.15) is 5.82 Å². The van der Waals surface area contributed by atoms with E-state index in [1.165, 1.54) is 23.1 Å². The van der Waals surface area contributed by atoms with Gasteiger partial charge in [-0.15, -0.1) is 0 Å². The van der Waals surface area contributed by atoms with Crippen LogP contribution in [0.25, 0.3) is 0 Å². The van der Waals surface area contributed by atoms with Crippen LogP contribution >= 0.6 is 0 Å². The van der Waals surface area contributed by atoms with Gasteiger partial charge in [-0.3, -0.25) is 4.79 Å². The molecule has 1 amide bonds. The maximum atomic E-state index is 13.2. The van der Waals surface area contributed by atoms with Crippen molar-refractivity contribution in [3.8, 4) is 0 Å². The number of carbonyl (C=O) groups excluding carboxylic acids is 2. The van der Waals surface area contributed by atoms with Gasteiger partial charge in [-0.1, -0.05) is 36.4 Å². The number of rotatable bonds is 6. The molecule has 2 aromatic carbocycles. The second-order valence-corrected chi connectivity index (χ2v) is 8.88. The van der Waals surface area contributed by atoms with Crippen LogP contribution in [0.4, 0.5) is 4.39 Å². The zero-order valence-corrected chi connectivity index (χ0v) is 15.9. The molecule has 8 heteroatoms. The molecular formula is C20H20FNO5S. The van der Waals surface area contributed by atoms with Crippen molar-refractivity contribution in [2.75, 3.05) is 18.1 Å². The van der Waals surface area contributed by atoms with Crippen LogP contribution in [-0.2, 0) is 25.9 Å². The Labute approximate surface area is 162 Å². The number of hydrogen-bond acceptors (Lipinski definition) is 5. The van der Waals surface area contributed by atoms with Crippen molar-refractivity contribution in [2.45, 2.75) is 19.0 Å². The number of benzene rings is 2. The smallest absolute Gasteiger partial charge is 0.338 e. The van der Waals surface area contributed by atoms with Gasteiger partial charge in [-0.05, 0) is 30.2 Å². The summed E-state index contributed by atoms with van der Waals surface area (Å²) < 4.78 is 42.0. The normalized spacial score (nSPS) is 17.8. The molecule has 3 rings (SSSR count). The summed E-state index contributed by atoms with van der Waals surface area (Å²) in [4.78, 5) is 26.2. The number of halogens is 1. The molecule has 0 bridgehead atoms. The predicted molar refractivity (Wildman–Crippen MR) is 101 cm³/mol. The third-order valence-corrected chi connectivity index (χ3v) is 6.30. The lowest BCUT2D eigenvalue weighted by molar-refractivity contribution is -0.137. The van der Waals surface area contributed by atoms with Gasteiger partial charge < -0.3 is 9.64 Å². The molecule has 0 N–H and O–H groups in total. The molecular weight excluding hydrogens is 385 g/mol. The Bertz CT molecular complexity index is 962. The first-order chi connectivity index (χ1) is 13.3. The third kappa shape index (κ3) is 5.16. The average Bonchev–Trinajstić information content (AvgIpc) is 3.04. The van der Waals surface area contributed by atoms with Crippen molar-refractivity contribution in [1.29, 1.82) is 0 Å². The summed E-state index contributed by atoms with van der Waals surface area (Å²) in [5.41, 5.74) is 0.849. The lowest BCUT2D eigenvalue weighted by Gasteiger charge is -2.28. The molecule has 148 valence electrons. The van der Waals surface area contributed by atoms with Gasteiger partial charge >= 0.3 is 5.97 Å². The lowest BCUT2D eigenvalue weighted by Crippen LogP contribution is -2.42. The number of hydrogen-bond donors (Lipinski definition) is 0. The van der Waals surface area contributed by atoms with Crippen LogP contribution in [0, 0.1) is 5.82 Å². The monoisotopic (exact) mass is 405 g/mol. The van der Waals surface area contributed by atoms with Crippen LogP contribution in [0.5, 0.6) is 0 Å². The highest BCUT2D eigenvalue weighted by Crippen LogP contribution is 2.20. The van der Waals surface area contributed by atoms with Crippen molar-refractivity contribution in [3.63, 3.8) is 0 Å². The number of ether oxygens (including phenoxy) is 1. The number of sulfone groups is 1. The van der Waals surface area contributed by atoms with Gasteiger partial charge in [0.25, 0.3) is 5.91 Å². The molecule has 0 aromatic heterocycles. The summed E-state index contributed by atoms with van der Waals surface area (Å²) in [6.45, 7) is -0.323. The van der Waals surface area contributed by atoms with Crippen molar-refractivity contribution >= 4 is 21.7 Å². The molecule has 2 aromatic rings. The van der Waals surface area contributed by atoms with E-state index in [0.29, 0.717) is 6.42 Å². The van der Waals surface area contributed by atoms with Crippen LogP contribution in [0.1, 0.15) is 22.3 Å². The lowest BCUT2D eigenvalue weighted by atomic mass is 10.1. The summed E-state index contributed by atoms with van der Waals surface area (Å²) in [6.07, 6.45) is 0.346. The van der Waals surface area contributed by atoms with E-state index in [0.717, 1.165) is 11.6 Å². The maximum Gasteiger partial charge on any atom is 0.338 e. The zero-order chi connectivity index (χ0) is 20.1. The van der Waals surface area contributed by atoms with Crippen LogP contribution in [0.3, 0.4) is 0 Å². The summed E-state index contributed by atoms with van der Waals surface area (Å²) in [6, 6.07) is 13.7. The fourth-order valence-electron chi connectivity index (χ4n) is 3.13. The van der Waals surface area contributed by atoms with Gasteiger partial charge in [0.05, 0.1) is 17.1 Å². The minimum Gasteiger partial charge on any atom is -0.452 e. The quantitative estimate of drug-likeness (QED) is 0.689. The van der Waals surface area contributed by atoms with E-state index in [9.17, 15) is 22.4 Å². The average molecular weight is 405 g/mol. The van der Waals surface area contributed by atoms with Gasteiger partial charge in [0.15, 0.2) is 16.4 Å². The predicted octanol–water partition coefficient (Wildman–Crippen LogP) is 2.20. The highest BCUT2D eigenvalue weighted by atomic mass is 32.2. The molecule has 0 aliphatic carbocycles. The van der Waals surface area contributed by atoms with E-state index < -0.39 is 40.2 Å². The molecule has 0 radical (unpaired) electrons.